The van der Waals surface area contributed by atoms with E-state index in [-0.39, 0.29) is 0 Å². The molecule has 0 aliphatic carbocycles. The van der Waals surface area contributed by atoms with Gasteiger partial charge in [-0.1, -0.05) is 54.6 Å². The smallest absolute Gasteiger partial charge is 0.222 e. The van der Waals surface area contributed by atoms with E-state index in [1.165, 1.54) is 16.7 Å². The monoisotopic (exact) mass is 351 g/mol. The minimum atomic E-state index is 0.321. The highest BCUT2D eigenvalue weighted by atomic mass is 16.2. The molecule has 4 heteroatoms. The lowest BCUT2D eigenvalue weighted by Crippen LogP contribution is -2.28. The summed E-state index contributed by atoms with van der Waals surface area (Å²) in [5.41, 5.74) is 3.91. The number of rotatable bonds is 10. The predicted octanol–water partition coefficient (Wildman–Crippen LogP) is 3.08. The maximum Gasteiger partial charge on any atom is 0.222 e. The molecule has 4 nitrogen and oxygen atoms in total. The van der Waals surface area contributed by atoms with Crippen LogP contribution in [0.15, 0.2) is 54.6 Å². The summed E-state index contributed by atoms with van der Waals surface area (Å²) in [7, 11) is 0. The van der Waals surface area contributed by atoms with Gasteiger partial charge in [0.05, 0.1) is 0 Å². The van der Waals surface area contributed by atoms with Gasteiger partial charge in [0.25, 0.3) is 0 Å². The number of hydrogen-bond donors (Lipinski definition) is 2. The van der Waals surface area contributed by atoms with Crippen molar-refractivity contribution in [1.29, 1.82) is 0 Å². The highest BCUT2D eigenvalue weighted by Crippen LogP contribution is 2.09. The van der Waals surface area contributed by atoms with Crippen molar-refractivity contribution >= 4 is 5.91 Å². The molecule has 1 amide bonds. The predicted molar refractivity (Wildman–Crippen MR) is 106 cm³/mol. The third-order valence-electron chi connectivity index (χ3n) is 4.81. The summed E-state index contributed by atoms with van der Waals surface area (Å²) >= 11 is 0. The third-order valence-corrected chi connectivity index (χ3v) is 4.81. The minimum Gasteiger partial charge on any atom is -0.343 e. The fourth-order valence-electron chi connectivity index (χ4n) is 3.29. The summed E-state index contributed by atoms with van der Waals surface area (Å²) in [6.07, 6.45) is 2.78. The Bertz CT molecular complexity index is 670. The Balaban J connectivity index is 1.29. The van der Waals surface area contributed by atoms with Crippen LogP contribution in [0, 0.1) is 0 Å². The lowest BCUT2D eigenvalue weighted by atomic mass is 10.1. The summed E-state index contributed by atoms with van der Waals surface area (Å²) in [6, 6.07) is 19.2. The molecule has 0 aromatic heterocycles. The van der Waals surface area contributed by atoms with Crippen molar-refractivity contribution in [3.63, 3.8) is 0 Å². The molecule has 26 heavy (non-hydrogen) atoms. The van der Waals surface area contributed by atoms with Gasteiger partial charge in [0.15, 0.2) is 0 Å². The van der Waals surface area contributed by atoms with Crippen LogP contribution in [0.2, 0.25) is 0 Å². The number of likely N-dealkylation sites (tertiary alicyclic amines) is 1. The minimum absolute atomic E-state index is 0.321. The van der Waals surface area contributed by atoms with Gasteiger partial charge in [-0.05, 0) is 36.1 Å². The van der Waals surface area contributed by atoms with Gasteiger partial charge < -0.3 is 15.5 Å². The molecule has 0 bridgehead atoms. The lowest BCUT2D eigenvalue weighted by molar-refractivity contribution is -0.127. The zero-order valence-electron chi connectivity index (χ0n) is 15.4. The molecule has 1 aliphatic rings. The van der Waals surface area contributed by atoms with Crippen molar-refractivity contribution in [3.8, 4) is 0 Å². The molecule has 1 fully saturated rings. The van der Waals surface area contributed by atoms with Crippen molar-refractivity contribution in [2.24, 2.45) is 0 Å². The van der Waals surface area contributed by atoms with Crippen LogP contribution < -0.4 is 10.6 Å². The van der Waals surface area contributed by atoms with Crippen LogP contribution >= 0.6 is 0 Å². The molecule has 0 saturated carbocycles. The van der Waals surface area contributed by atoms with Crippen molar-refractivity contribution in [2.75, 3.05) is 19.6 Å². The van der Waals surface area contributed by atoms with E-state index >= 15 is 0 Å². The zero-order valence-corrected chi connectivity index (χ0v) is 15.4. The summed E-state index contributed by atoms with van der Waals surface area (Å²) in [5.74, 6) is 0.321. The fourth-order valence-corrected chi connectivity index (χ4v) is 3.29. The Morgan fingerprint density at radius 1 is 0.808 bits per heavy atom. The van der Waals surface area contributed by atoms with Gasteiger partial charge in [-0.15, -0.1) is 0 Å². The molecule has 0 spiro atoms. The second-order valence-corrected chi connectivity index (χ2v) is 6.92. The highest BCUT2D eigenvalue weighted by molar-refractivity contribution is 5.77. The summed E-state index contributed by atoms with van der Waals surface area (Å²) in [5, 5.41) is 6.95. The van der Waals surface area contributed by atoms with Gasteiger partial charge in [0, 0.05) is 39.1 Å². The topological polar surface area (TPSA) is 44.4 Å². The molecule has 1 saturated heterocycles. The first-order chi connectivity index (χ1) is 12.8. The maximum atomic E-state index is 11.5. The molecule has 0 unspecified atom stereocenters. The summed E-state index contributed by atoms with van der Waals surface area (Å²) in [6.45, 7) is 5.43. The van der Waals surface area contributed by atoms with E-state index in [4.69, 9.17) is 0 Å². The van der Waals surface area contributed by atoms with Crippen LogP contribution in [0.1, 0.15) is 36.0 Å². The molecule has 1 heterocycles. The quantitative estimate of drug-likeness (QED) is 0.647. The van der Waals surface area contributed by atoms with Crippen LogP contribution in [0.3, 0.4) is 0 Å². The van der Waals surface area contributed by atoms with Gasteiger partial charge in [-0.2, -0.15) is 0 Å². The second kappa shape index (κ2) is 10.1. The number of carbonyl (C=O) groups excluding carboxylic acids is 1. The molecule has 2 aromatic rings. The largest absolute Gasteiger partial charge is 0.343 e. The molecule has 2 N–H and O–H groups in total. The van der Waals surface area contributed by atoms with Crippen LogP contribution in [-0.4, -0.2) is 30.4 Å². The number of carbonyl (C=O) groups is 1. The Morgan fingerprint density at radius 2 is 1.42 bits per heavy atom. The van der Waals surface area contributed by atoms with E-state index in [0.29, 0.717) is 5.91 Å². The van der Waals surface area contributed by atoms with Crippen molar-refractivity contribution in [1.82, 2.24) is 15.5 Å². The number of nitrogens with one attached hydrogen (secondary N) is 2. The van der Waals surface area contributed by atoms with Crippen LogP contribution in [-0.2, 0) is 24.4 Å². The first-order valence-corrected chi connectivity index (χ1v) is 9.62. The molecule has 3 rings (SSSR count). The van der Waals surface area contributed by atoms with Crippen LogP contribution in [0.25, 0.3) is 0 Å². The van der Waals surface area contributed by atoms with E-state index in [9.17, 15) is 4.79 Å². The highest BCUT2D eigenvalue weighted by Gasteiger charge is 2.18. The molecular formula is C22H29N3O. The Morgan fingerprint density at radius 3 is 2.04 bits per heavy atom. The summed E-state index contributed by atoms with van der Waals surface area (Å²) in [4.78, 5) is 13.5. The SMILES string of the molecule is O=C1CCCN1CCCNCc1ccc(CNCc2ccccc2)cc1. The van der Waals surface area contributed by atoms with Crippen molar-refractivity contribution < 1.29 is 4.79 Å². The van der Waals surface area contributed by atoms with E-state index in [2.05, 4.69) is 59.2 Å². The third kappa shape index (κ3) is 5.97. The molecule has 2 aromatic carbocycles. The Hall–Kier alpha value is -2.17. The van der Waals surface area contributed by atoms with Gasteiger partial charge in [-0.3, -0.25) is 4.79 Å². The molecule has 138 valence electrons. The van der Waals surface area contributed by atoms with Gasteiger partial charge in [0.1, 0.15) is 0 Å². The first-order valence-electron chi connectivity index (χ1n) is 9.62. The van der Waals surface area contributed by atoms with E-state index in [1.54, 1.807) is 0 Å². The summed E-state index contributed by atoms with van der Waals surface area (Å²) < 4.78 is 0. The number of amides is 1. The molecule has 0 radical (unpaired) electrons. The van der Waals surface area contributed by atoms with Crippen molar-refractivity contribution in [2.45, 2.75) is 38.9 Å². The average Bonchev–Trinajstić information content (AvgIpc) is 3.08. The average molecular weight is 351 g/mol. The van der Waals surface area contributed by atoms with Gasteiger partial charge >= 0.3 is 0 Å². The normalized spacial score (nSPS) is 14.2. The van der Waals surface area contributed by atoms with E-state index in [1.807, 2.05) is 11.0 Å². The van der Waals surface area contributed by atoms with Crippen LogP contribution in [0.4, 0.5) is 0 Å². The van der Waals surface area contributed by atoms with Crippen LogP contribution in [0.5, 0.6) is 0 Å². The number of hydrogen-bond acceptors (Lipinski definition) is 3. The molecule has 0 atom stereocenters. The Labute approximate surface area is 156 Å². The standard InChI is InChI=1S/C22H29N3O/c26-22-8-4-14-25(22)15-5-13-23-16-20-9-11-21(12-10-20)18-24-17-19-6-2-1-3-7-19/h1-3,6-7,9-12,23-24H,4-5,8,13-18H2. The zero-order chi connectivity index (χ0) is 18.0. The van der Waals surface area contributed by atoms with Gasteiger partial charge in [0.2, 0.25) is 5.91 Å². The first kappa shape index (κ1) is 18.6. The number of benzene rings is 2. The van der Waals surface area contributed by atoms with E-state index in [0.717, 1.165) is 58.5 Å². The lowest BCUT2D eigenvalue weighted by Gasteiger charge is -2.15. The Kier molecular flexibility index (Phi) is 7.23. The molecular weight excluding hydrogens is 322 g/mol. The maximum absolute atomic E-state index is 11.5. The fraction of sp³-hybridized carbons (Fsp3) is 0.409. The second-order valence-electron chi connectivity index (χ2n) is 6.92. The van der Waals surface area contributed by atoms with E-state index < -0.39 is 0 Å². The number of nitrogens with zero attached hydrogens (tertiary/aromatic N) is 1. The molecule has 1 aliphatic heterocycles. The van der Waals surface area contributed by atoms with Gasteiger partial charge in [-0.25, -0.2) is 0 Å². The van der Waals surface area contributed by atoms with Crippen molar-refractivity contribution in [3.05, 3.63) is 71.3 Å².